The number of aliphatic hydroxyl groups excluding tert-OH is 1. The van der Waals surface area contributed by atoms with E-state index in [0.29, 0.717) is 58.1 Å². The molecule has 2 atom stereocenters. The zero-order chi connectivity index (χ0) is 23.5. The van der Waals surface area contributed by atoms with Crippen molar-refractivity contribution in [3.8, 4) is 5.75 Å². The fraction of sp³-hybridized carbons (Fsp3) is 0.480. The van der Waals surface area contributed by atoms with Crippen LogP contribution in [0, 0.1) is 5.82 Å². The molecule has 1 fully saturated rings. The van der Waals surface area contributed by atoms with Crippen LogP contribution < -0.4 is 4.74 Å². The van der Waals surface area contributed by atoms with Crippen LogP contribution in [0.1, 0.15) is 5.56 Å². The van der Waals surface area contributed by atoms with E-state index in [1.807, 2.05) is 30.3 Å². The minimum Gasteiger partial charge on any atom is -0.491 e. The average Bonchev–Trinajstić information content (AvgIpc) is 2.82. The van der Waals surface area contributed by atoms with Crippen molar-refractivity contribution in [3.63, 3.8) is 0 Å². The summed E-state index contributed by atoms with van der Waals surface area (Å²) in [6.07, 6.45) is -0.515. The number of benzene rings is 2. The molecule has 1 heterocycles. The summed E-state index contributed by atoms with van der Waals surface area (Å²) in [5.74, 6) is 0.219. The van der Waals surface area contributed by atoms with Gasteiger partial charge in [-0.2, -0.15) is 0 Å². The number of morpholine rings is 1. The van der Waals surface area contributed by atoms with Crippen LogP contribution in [-0.4, -0.2) is 92.7 Å². The first-order chi connectivity index (χ1) is 16.0. The lowest BCUT2D eigenvalue weighted by atomic mass is 10.1. The number of carbonyl (C=O) groups excluding carboxylic acids is 1. The number of β-amino-alcohol motifs (C(OH)–C–C–N with tert-alkyl or cyclic N) is 1. The molecule has 0 aromatic heterocycles. The monoisotopic (exact) mass is 460 g/mol. The topological polar surface area (TPSA) is 71.5 Å². The number of carbonyl (C=O) groups is 1. The predicted molar refractivity (Wildman–Crippen MR) is 123 cm³/mol. The molecule has 1 aliphatic heterocycles. The Morgan fingerprint density at radius 2 is 2.00 bits per heavy atom. The fourth-order valence-corrected chi connectivity index (χ4v) is 3.78. The van der Waals surface area contributed by atoms with Gasteiger partial charge < -0.3 is 24.2 Å². The van der Waals surface area contributed by atoms with Crippen molar-refractivity contribution in [1.82, 2.24) is 9.80 Å². The van der Waals surface area contributed by atoms with Gasteiger partial charge in [0.05, 0.1) is 25.7 Å². The molecule has 2 aromatic rings. The molecule has 0 aliphatic carbocycles. The average molecular weight is 461 g/mol. The molecule has 3 rings (SSSR count). The molecule has 0 spiro atoms. The largest absolute Gasteiger partial charge is 0.491 e. The first-order valence-corrected chi connectivity index (χ1v) is 11.2. The first-order valence-electron chi connectivity index (χ1n) is 11.2. The zero-order valence-corrected chi connectivity index (χ0v) is 19.1. The minimum absolute atomic E-state index is 0.0340. The number of ether oxygens (including phenoxy) is 3. The number of amides is 1. The Bertz CT molecular complexity index is 836. The molecule has 7 nitrogen and oxygen atoms in total. The van der Waals surface area contributed by atoms with Crippen molar-refractivity contribution in [1.29, 1.82) is 0 Å². The van der Waals surface area contributed by atoms with Gasteiger partial charge in [0.25, 0.3) is 0 Å². The molecular formula is C25H33FN2O5. The molecule has 0 radical (unpaired) electrons. The van der Waals surface area contributed by atoms with E-state index >= 15 is 0 Å². The Morgan fingerprint density at radius 3 is 2.73 bits per heavy atom. The maximum absolute atomic E-state index is 13.0. The van der Waals surface area contributed by atoms with Crippen molar-refractivity contribution in [2.24, 2.45) is 0 Å². The Labute approximate surface area is 194 Å². The van der Waals surface area contributed by atoms with Gasteiger partial charge in [-0.25, -0.2) is 4.39 Å². The van der Waals surface area contributed by atoms with Gasteiger partial charge in [0, 0.05) is 39.8 Å². The number of rotatable bonds is 12. The number of halogens is 1. The third-order valence-corrected chi connectivity index (χ3v) is 5.49. The van der Waals surface area contributed by atoms with Crippen LogP contribution >= 0.6 is 0 Å². The molecule has 1 saturated heterocycles. The molecule has 1 amide bonds. The quantitative estimate of drug-likeness (QED) is 0.522. The van der Waals surface area contributed by atoms with E-state index in [2.05, 4.69) is 4.90 Å². The van der Waals surface area contributed by atoms with Crippen molar-refractivity contribution in [3.05, 3.63) is 66.0 Å². The summed E-state index contributed by atoms with van der Waals surface area (Å²) in [5.41, 5.74) is 0.973. The molecule has 1 N–H and O–H groups in total. The highest BCUT2D eigenvalue weighted by Crippen LogP contribution is 2.13. The lowest BCUT2D eigenvalue weighted by molar-refractivity contribution is -0.135. The van der Waals surface area contributed by atoms with E-state index in [0.717, 1.165) is 5.56 Å². The third-order valence-electron chi connectivity index (χ3n) is 5.49. The Kier molecular flexibility index (Phi) is 10.1. The summed E-state index contributed by atoms with van der Waals surface area (Å²) in [5, 5.41) is 10.4. The highest BCUT2D eigenvalue weighted by atomic mass is 19.1. The maximum atomic E-state index is 13.0. The summed E-state index contributed by atoms with van der Waals surface area (Å²) in [7, 11) is 1.62. The Morgan fingerprint density at radius 1 is 1.24 bits per heavy atom. The summed E-state index contributed by atoms with van der Waals surface area (Å²) < 4.78 is 29.7. The van der Waals surface area contributed by atoms with Gasteiger partial charge in [0.15, 0.2) is 0 Å². The van der Waals surface area contributed by atoms with E-state index in [1.165, 1.54) is 24.3 Å². The normalized spacial score (nSPS) is 17.5. The number of methoxy groups -OCH3 is 1. The van der Waals surface area contributed by atoms with Gasteiger partial charge in [0.1, 0.15) is 24.3 Å². The lowest BCUT2D eigenvalue weighted by Crippen LogP contribution is -2.51. The molecule has 0 saturated carbocycles. The SMILES string of the molecule is COCCN(CC1CN(CC(O)COc2ccc(F)cc2)CCO1)C(=O)Cc1ccccc1. The van der Waals surface area contributed by atoms with Gasteiger partial charge in [-0.15, -0.1) is 0 Å². The second kappa shape index (κ2) is 13.3. The molecule has 33 heavy (non-hydrogen) atoms. The zero-order valence-electron chi connectivity index (χ0n) is 19.1. The second-order valence-corrected chi connectivity index (χ2v) is 8.17. The highest BCUT2D eigenvalue weighted by molar-refractivity contribution is 5.78. The van der Waals surface area contributed by atoms with E-state index < -0.39 is 6.10 Å². The smallest absolute Gasteiger partial charge is 0.227 e. The van der Waals surface area contributed by atoms with Crippen LogP contribution in [0.5, 0.6) is 5.75 Å². The van der Waals surface area contributed by atoms with Crippen LogP contribution in [0.25, 0.3) is 0 Å². The Balaban J connectivity index is 1.48. The van der Waals surface area contributed by atoms with Crippen LogP contribution in [0.2, 0.25) is 0 Å². The fourth-order valence-electron chi connectivity index (χ4n) is 3.78. The highest BCUT2D eigenvalue weighted by Gasteiger charge is 2.26. The van der Waals surface area contributed by atoms with Gasteiger partial charge in [-0.3, -0.25) is 9.69 Å². The molecule has 2 aromatic carbocycles. The number of aliphatic hydroxyl groups is 1. The van der Waals surface area contributed by atoms with Crippen LogP contribution in [0.3, 0.4) is 0 Å². The number of nitrogens with zero attached hydrogens (tertiary/aromatic N) is 2. The minimum atomic E-state index is -0.696. The number of hydrogen-bond acceptors (Lipinski definition) is 6. The summed E-state index contributed by atoms with van der Waals surface area (Å²) in [4.78, 5) is 16.8. The van der Waals surface area contributed by atoms with Gasteiger partial charge in [-0.05, 0) is 29.8 Å². The van der Waals surface area contributed by atoms with Gasteiger partial charge in [0.2, 0.25) is 5.91 Å². The summed E-state index contributed by atoms with van der Waals surface area (Å²) >= 11 is 0. The van der Waals surface area contributed by atoms with Crippen molar-refractivity contribution in [2.75, 3.05) is 59.7 Å². The standard InChI is InChI=1S/C25H33FN2O5/c1-31-13-12-28(25(30)15-20-5-3-2-4-6-20)18-24-17-27(11-14-32-24)16-22(29)19-33-23-9-7-21(26)8-10-23/h2-10,22,24,29H,11-19H2,1H3. The lowest BCUT2D eigenvalue weighted by Gasteiger charge is -2.36. The molecule has 8 heteroatoms. The summed E-state index contributed by atoms with van der Waals surface area (Å²) in [6.45, 7) is 3.79. The maximum Gasteiger partial charge on any atom is 0.227 e. The summed E-state index contributed by atoms with van der Waals surface area (Å²) in [6, 6.07) is 15.4. The second-order valence-electron chi connectivity index (χ2n) is 8.17. The predicted octanol–water partition coefficient (Wildman–Crippen LogP) is 1.98. The van der Waals surface area contributed by atoms with Crippen molar-refractivity contribution in [2.45, 2.75) is 18.6 Å². The van der Waals surface area contributed by atoms with Crippen LogP contribution in [-0.2, 0) is 20.7 Å². The van der Waals surface area contributed by atoms with Gasteiger partial charge >= 0.3 is 0 Å². The van der Waals surface area contributed by atoms with Crippen LogP contribution in [0.15, 0.2) is 54.6 Å². The van der Waals surface area contributed by atoms with Gasteiger partial charge in [-0.1, -0.05) is 30.3 Å². The molecule has 180 valence electrons. The third kappa shape index (κ3) is 8.74. The van der Waals surface area contributed by atoms with Crippen molar-refractivity contribution < 1.29 is 28.5 Å². The van der Waals surface area contributed by atoms with E-state index in [1.54, 1.807) is 12.0 Å². The van der Waals surface area contributed by atoms with E-state index in [4.69, 9.17) is 14.2 Å². The van der Waals surface area contributed by atoms with E-state index in [9.17, 15) is 14.3 Å². The number of hydrogen-bond donors (Lipinski definition) is 1. The molecule has 0 bridgehead atoms. The molecule has 1 aliphatic rings. The molecule has 2 unspecified atom stereocenters. The van der Waals surface area contributed by atoms with Crippen molar-refractivity contribution >= 4 is 5.91 Å². The van der Waals surface area contributed by atoms with Crippen LogP contribution in [0.4, 0.5) is 4.39 Å². The van der Waals surface area contributed by atoms with E-state index in [-0.39, 0.29) is 24.4 Å². The molecular weight excluding hydrogens is 427 g/mol. The first kappa shape index (κ1) is 25.1. The Hall–Kier alpha value is -2.52.